The molecule has 0 saturated carbocycles. The maximum absolute atomic E-state index is 10.7. The number of carbonyl (C=O) groups is 1. The average molecular weight is 194 g/mol. The van der Waals surface area contributed by atoms with Gasteiger partial charge in [-0.2, -0.15) is 4.91 Å². The summed E-state index contributed by atoms with van der Waals surface area (Å²) in [6.45, 7) is 3.26. The predicted molar refractivity (Wildman–Crippen MR) is 46.1 cm³/mol. The number of hydrogen-bond donors (Lipinski definition) is 0. The zero-order valence-corrected chi connectivity index (χ0v) is 8.09. The standard InChI is InChI=1S/C7H12ClNO3/c1-7(2,8)5(9-11)4-6(10)12-3/h5H,4H2,1-3H3. The molecule has 0 aromatic rings. The van der Waals surface area contributed by atoms with Crippen molar-refractivity contribution in [3.05, 3.63) is 4.91 Å². The van der Waals surface area contributed by atoms with Crippen LogP contribution >= 0.6 is 11.6 Å². The highest BCUT2D eigenvalue weighted by molar-refractivity contribution is 6.24. The van der Waals surface area contributed by atoms with Crippen LogP contribution in [0, 0.1) is 4.91 Å². The van der Waals surface area contributed by atoms with Gasteiger partial charge in [-0.1, -0.05) is 5.18 Å². The van der Waals surface area contributed by atoms with Gasteiger partial charge in [0.15, 0.2) is 0 Å². The summed E-state index contributed by atoms with van der Waals surface area (Å²) in [5.41, 5.74) is 0. The first-order valence-electron chi connectivity index (χ1n) is 3.50. The highest BCUT2D eigenvalue weighted by Gasteiger charge is 2.30. The molecular formula is C7H12ClNO3. The van der Waals surface area contributed by atoms with Gasteiger partial charge in [-0.05, 0) is 13.8 Å². The maximum Gasteiger partial charge on any atom is 0.307 e. The first kappa shape index (κ1) is 11.4. The van der Waals surface area contributed by atoms with Gasteiger partial charge in [0.1, 0.15) is 6.04 Å². The number of alkyl halides is 1. The topological polar surface area (TPSA) is 55.7 Å². The van der Waals surface area contributed by atoms with Crippen LogP contribution in [0.4, 0.5) is 0 Å². The number of rotatable bonds is 4. The summed E-state index contributed by atoms with van der Waals surface area (Å²) in [6.07, 6.45) is -0.0729. The number of nitroso groups, excluding NO2 is 1. The highest BCUT2D eigenvalue weighted by atomic mass is 35.5. The lowest BCUT2D eigenvalue weighted by Crippen LogP contribution is -2.31. The molecular weight excluding hydrogens is 182 g/mol. The molecule has 0 heterocycles. The number of methoxy groups -OCH3 is 1. The molecule has 0 saturated heterocycles. The van der Waals surface area contributed by atoms with E-state index in [0.717, 1.165) is 0 Å². The summed E-state index contributed by atoms with van der Waals surface area (Å²) < 4.78 is 4.38. The average Bonchev–Trinajstić information content (AvgIpc) is 1.97. The van der Waals surface area contributed by atoms with Gasteiger partial charge in [0.25, 0.3) is 0 Å². The van der Waals surface area contributed by atoms with E-state index in [2.05, 4.69) is 9.91 Å². The summed E-state index contributed by atoms with van der Waals surface area (Å²) in [5, 5.41) is 2.76. The number of hydrogen-bond acceptors (Lipinski definition) is 4. The predicted octanol–water partition coefficient (Wildman–Crippen LogP) is 1.70. The molecule has 0 N–H and O–H groups in total. The van der Waals surface area contributed by atoms with Crippen molar-refractivity contribution in [2.75, 3.05) is 7.11 Å². The van der Waals surface area contributed by atoms with Crippen LogP contribution in [0.2, 0.25) is 0 Å². The molecule has 1 unspecified atom stereocenters. The lowest BCUT2D eigenvalue weighted by Gasteiger charge is -2.20. The van der Waals surface area contributed by atoms with Gasteiger partial charge >= 0.3 is 5.97 Å². The van der Waals surface area contributed by atoms with Crippen LogP contribution in [-0.4, -0.2) is 24.0 Å². The molecule has 70 valence electrons. The zero-order chi connectivity index (χ0) is 9.78. The van der Waals surface area contributed by atoms with Crippen molar-refractivity contribution in [1.29, 1.82) is 0 Å². The van der Waals surface area contributed by atoms with E-state index < -0.39 is 16.9 Å². The molecule has 0 aliphatic heterocycles. The smallest absolute Gasteiger partial charge is 0.307 e. The molecule has 0 amide bonds. The summed E-state index contributed by atoms with van der Waals surface area (Å²) in [7, 11) is 1.26. The van der Waals surface area contributed by atoms with Gasteiger partial charge in [0.2, 0.25) is 0 Å². The Hall–Kier alpha value is -0.640. The van der Waals surface area contributed by atoms with E-state index in [-0.39, 0.29) is 6.42 Å². The minimum absolute atomic E-state index is 0.0729. The normalized spacial score (nSPS) is 13.7. The molecule has 5 heteroatoms. The molecule has 0 aliphatic rings. The van der Waals surface area contributed by atoms with E-state index in [9.17, 15) is 9.70 Å². The Labute approximate surface area is 76.2 Å². The number of esters is 1. The molecule has 0 aliphatic carbocycles. The van der Waals surface area contributed by atoms with Crippen molar-refractivity contribution in [2.45, 2.75) is 31.2 Å². The summed E-state index contributed by atoms with van der Waals surface area (Å²) in [6, 6.07) is -0.744. The number of carbonyl (C=O) groups excluding carboxylic acids is 1. The second-order valence-corrected chi connectivity index (χ2v) is 3.94. The van der Waals surface area contributed by atoms with E-state index in [1.165, 1.54) is 7.11 Å². The van der Waals surface area contributed by atoms with Crippen LogP contribution < -0.4 is 0 Å². The quantitative estimate of drug-likeness (QED) is 0.388. The first-order valence-corrected chi connectivity index (χ1v) is 3.87. The van der Waals surface area contributed by atoms with Gasteiger partial charge in [-0.15, -0.1) is 11.6 Å². The first-order chi connectivity index (χ1) is 5.41. The molecule has 0 aromatic heterocycles. The van der Waals surface area contributed by atoms with Crippen LogP contribution in [0.15, 0.2) is 5.18 Å². The zero-order valence-electron chi connectivity index (χ0n) is 7.33. The van der Waals surface area contributed by atoms with E-state index in [0.29, 0.717) is 0 Å². The van der Waals surface area contributed by atoms with E-state index >= 15 is 0 Å². The van der Waals surface area contributed by atoms with Gasteiger partial charge in [-0.3, -0.25) is 4.79 Å². The SMILES string of the molecule is COC(=O)CC(N=O)C(C)(C)Cl. The molecule has 0 bridgehead atoms. The van der Waals surface area contributed by atoms with Crippen LogP contribution in [0.5, 0.6) is 0 Å². The molecule has 4 nitrogen and oxygen atoms in total. The monoisotopic (exact) mass is 193 g/mol. The van der Waals surface area contributed by atoms with Crippen LogP contribution in [0.3, 0.4) is 0 Å². The van der Waals surface area contributed by atoms with Crippen LogP contribution in [0.1, 0.15) is 20.3 Å². The second kappa shape index (κ2) is 4.40. The fourth-order valence-electron chi connectivity index (χ4n) is 0.646. The lowest BCUT2D eigenvalue weighted by atomic mass is 10.0. The third kappa shape index (κ3) is 3.67. The van der Waals surface area contributed by atoms with Crippen molar-refractivity contribution in [3.8, 4) is 0 Å². The second-order valence-electron chi connectivity index (χ2n) is 2.97. The molecule has 0 aromatic carbocycles. The molecule has 1 atom stereocenters. The van der Waals surface area contributed by atoms with Crippen LogP contribution in [-0.2, 0) is 9.53 Å². The minimum atomic E-state index is -0.810. The summed E-state index contributed by atoms with van der Waals surface area (Å²) >= 11 is 5.80. The van der Waals surface area contributed by atoms with Gasteiger partial charge in [0, 0.05) is 0 Å². The summed E-state index contributed by atoms with van der Waals surface area (Å²) in [5.74, 6) is -0.478. The molecule has 0 spiro atoms. The Morgan fingerprint density at radius 1 is 1.67 bits per heavy atom. The van der Waals surface area contributed by atoms with Crippen molar-refractivity contribution in [3.63, 3.8) is 0 Å². The van der Waals surface area contributed by atoms with Gasteiger partial charge < -0.3 is 4.74 Å². The van der Waals surface area contributed by atoms with E-state index in [1.807, 2.05) is 0 Å². The number of halogens is 1. The lowest BCUT2D eigenvalue weighted by molar-refractivity contribution is -0.141. The highest BCUT2D eigenvalue weighted by Crippen LogP contribution is 2.23. The fourth-order valence-corrected chi connectivity index (χ4v) is 0.763. The molecule has 0 fully saturated rings. The number of nitrogens with zero attached hydrogens (tertiary/aromatic N) is 1. The molecule has 12 heavy (non-hydrogen) atoms. The largest absolute Gasteiger partial charge is 0.469 e. The Kier molecular flexibility index (Phi) is 4.17. The van der Waals surface area contributed by atoms with Crippen LogP contribution in [0.25, 0.3) is 0 Å². The molecule has 0 radical (unpaired) electrons. The Balaban J connectivity index is 4.19. The Morgan fingerprint density at radius 3 is 2.42 bits per heavy atom. The van der Waals surface area contributed by atoms with Crippen molar-refractivity contribution >= 4 is 17.6 Å². The van der Waals surface area contributed by atoms with Crippen molar-refractivity contribution in [2.24, 2.45) is 5.18 Å². The third-order valence-electron chi connectivity index (χ3n) is 1.51. The third-order valence-corrected chi connectivity index (χ3v) is 1.76. The minimum Gasteiger partial charge on any atom is -0.469 e. The van der Waals surface area contributed by atoms with Crippen molar-refractivity contribution in [1.82, 2.24) is 0 Å². The van der Waals surface area contributed by atoms with Gasteiger partial charge in [-0.25, -0.2) is 0 Å². The molecule has 0 rings (SSSR count). The Morgan fingerprint density at radius 2 is 2.17 bits per heavy atom. The van der Waals surface area contributed by atoms with Gasteiger partial charge in [0.05, 0.1) is 18.4 Å². The van der Waals surface area contributed by atoms with E-state index in [1.54, 1.807) is 13.8 Å². The maximum atomic E-state index is 10.7. The number of ether oxygens (including phenoxy) is 1. The van der Waals surface area contributed by atoms with Crippen molar-refractivity contribution < 1.29 is 9.53 Å². The summed E-state index contributed by atoms with van der Waals surface area (Å²) in [4.78, 5) is 20.2. The van der Waals surface area contributed by atoms with E-state index in [4.69, 9.17) is 11.6 Å². The fraction of sp³-hybridized carbons (Fsp3) is 0.857. The Bertz CT molecular complexity index is 176.